The fraction of sp³-hybridized carbons (Fsp3) is 0.684. The molecule has 0 radical (unpaired) electrons. The van der Waals surface area contributed by atoms with Crippen LogP contribution in [0.4, 0.5) is 5.82 Å². The van der Waals surface area contributed by atoms with E-state index in [9.17, 15) is 0 Å². The van der Waals surface area contributed by atoms with Gasteiger partial charge in [0.15, 0.2) is 5.96 Å². The van der Waals surface area contributed by atoms with Gasteiger partial charge in [-0.2, -0.15) is 0 Å². The van der Waals surface area contributed by atoms with E-state index in [2.05, 4.69) is 44.3 Å². The normalized spacial score (nSPS) is 17.8. The summed E-state index contributed by atoms with van der Waals surface area (Å²) in [6, 6.07) is 4.11. The quantitative estimate of drug-likeness (QED) is 0.392. The van der Waals surface area contributed by atoms with E-state index in [1.165, 1.54) is 13.0 Å². The number of hydrogen-bond donors (Lipinski definition) is 2. The van der Waals surface area contributed by atoms with Crippen LogP contribution in [0.15, 0.2) is 23.3 Å². The number of nitrogens with one attached hydrogen (secondary N) is 2. The average molecular weight is 381 g/mol. The zero-order chi connectivity index (χ0) is 18.8. The Morgan fingerprint density at radius 3 is 2.88 bits per heavy atom. The highest BCUT2D eigenvalue weighted by Crippen LogP contribution is 2.25. The van der Waals surface area contributed by atoms with Crippen molar-refractivity contribution in [3.63, 3.8) is 0 Å². The van der Waals surface area contributed by atoms with Crippen LogP contribution < -0.4 is 15.5 Å². The van der Waals surface area contributed by atoms with Crippen molar-refractivity contribution in [2.24, 2.45) is 4.99 Å². The van der Waals surface area contributed by atoms with E-state index in [1.807, 2.05) is 19.2 Å². The number of aliphatic imine (C=N–C) groups is 1. The molecule has 1 aromatic rings. The van der Waals surface area contributed by atoms with Crippen molar-refractivity contribution in [1.29, 1.82) is 0 Å². The summed E-state index contributed by atoms with van der Waals surface area (Å²) in [6.07, 6.45) is 5.20. The van der Waals surface area contributed by atoms with Gasteiger partial charge in [0, 0.05) is 38.9 Å². The Balaban J connectivity index is 1.69. The van der Waals surface area contributed by atoms with E-state index in [0.717, 1.165) is 57.3 Å². The van der Waals surface area contributed by atoms with Gasteiger partial charge in [-0.05, 0) is 51.0 Å². The van der Waals surface area contributed by atoms with Crippen molar-refractivity contribution in [2.45, 2.75) is 39.2 Å². The van der Waals surface area contributed by atoms with Crippen LogP contribution in [0, 0.1) is 0 Å². The lowest BCUT2D eigenvalue weighted by Gasteiger charge is -2.20. The Morgan fingerprint density at radius 2 is 2.19 bits per heavy atom. The molecule has 1 aliphatic heterocycles. The Kier molecular flexibility index (Phi) is 8.98. The maximum atomic E-state index is 6.26. The average Bonchev–Trinajstić information content (AvgIpc) is 3.12. The van der Waals surface area contributed by atoms with Gasteiger partial charge in [0.05, 0.1) is 5.02 Å². The highest BCUT2D eigenvalue weighted by Gasteiger charge is 2.25. The second-order valence-electron chi connectivity index (χ2n) is 6.62. The third-order valence-electron chi connectivity index (χ3n) is 4.88. The molecule has 0 aromatic carbocycles. The number of nitrogens with zero attached hydrogens (tertiary/aromatic N) is 4. The van der Waals surface area contributed by atoms with Crippen molar-refractivity contribution in [2.75, 3.05) is 51.2 Å². The highest BCUT2D eigenvalue weighted by molar-refractivity contribution is 6.32. The van der Waals surface area contributed by atoms with Crippen molar-refractivity contribution >= 4 is 23.4 Å². The number of rotatable bonds is 9. The lowest BCUT2D eigenvalue weighted by atomic mass is 10.2. The van der Waals surface area contributed by atoms with Crippen LogP contribution in [0.2, 0.25) is 5.02 Å². The molecule has 0 bridgehead atoms. The smallest absolute Gasteiger partial charge is 0.191 e. The first-order valence-electron chi connectivity index (χ1n) is 9.72. The maximum absolute atomic E-state index is 6.26. The fourth-order valence-electron chi connectivity index (χ4n) is 3.28. The molecule has 1 unspecified atom stereocenters. The molecule has 1 atom stereocenters. The summed E-state index contributed by atoms with van der Waals surface area (Å²) in [5.74, 6) is 1.75. The van der Waals surface area contributed by atoms with E-state index in [0.29, 0.717) is 11.1 Å². The van der Waals surface area contributed by atoms with Gasteiger partial charge in [0.2, 0.25) is 0 Å². The molecule has 0 aliphatic carbocycles. The Hall–Kier alpha value is -1.53. The van der Waals surface area contributed by atoms with Crippen molar-refractivity contribution in [3.8, 4) is 0 Å². The maximum Gasteiger partial charge on any atom is 0.191 e. The minimum absolute atomic E-state index is 0.356. The molecule has 0 amide bonds. The van der Waals surface area contributed by atoms with Crippen molar-refractivity contribution < 1.29 is 0 Å². The monoisotopic (exact) mass is 380 g/mol. The Bertz CT molecular complexity index is 561. The van der Waals surface area contributed by atoms with E-state index < -0.39 is 0 Å². The zero-order valence-electron chi connectivity index (χ0n) is 16.3. The fourth-order valence-corrected chi connectivity index (χ4v) is 3.52. The first-order chi connectivity index (χ1) is 12.7. The van der Waals surface area contributed by atoms with Crippen LogP contribution in [0.25, 0.3) is 0 Å². The predicted octanol–water partition coefficient (Wildman–Crippen LogP) is 2.60. The number of aromatic nitrogens is 1. The van der Waals surface area contributed by atoms with Gasteiger partial charge in [0.1, 0.15) is 5.82 Å². The molecule has 146 valence electrons. The molecule has 0 saturated carbocycles. The highest BCUT2D eigenvalue weighted by atomic mass is 35.5. The standard InChI is InChI=1S/C19H33ClN6/c1-4-25(5-2)13-7-6-11-23-19(21-3)24-16-10-14-26(15-16)18-17(20)9-8-12-22-18/h8-9,12,16H,4-7,10-11,13-15H2,1-3H3,(H2,21,23,24). The summed E-state index contributed by atoms with van der Waals surface area (Å²) in [6.45, 7) is 10.7. The van der Waals surface area contributed by atoms with Crippen LogP contribution in [-0.2, 0) is 0 Å². The summed E-state index contributed by atoms with van der Waals surface area (Å²) >= 11 is 6.26. The SMILES string of the molecule is CCN(CC)CCCCNC(=NC)NC1CCN(c2ncccc2Cl)C1. The molecule has 2 heterocycles. The van der Waals surface area contributed by atoms with E-state index in [-0.39, 0.29) is 0 Å². The number of unbranched alkanes of at least 4 members (excludes halogenated alkanes) is 1. The lowest BCUT2D eigenvalue weighted by molar-refractivity contribution is 0.297. The largest absolute Gasteiger partial charge is 0.356 e. The van der Waals surface area contributed by atoms with Gasteiger partial charge in [-0.15, -0.1) is 0 Å². The number of halogens is 1. The van der Waals surface area contributed by atoms with Gasteiger partial charge < -0.3 is 20.4 Å². The third kappa shape index (κ3) is 6.32. The van der Waals surface area contributed by atoms with Gasteiger partial charge in [-0.1, -0.05) is 25.4 Å². The summed E-state index contributed by atoms with van der Waals surface area (Å²) in [5, 5.41) is 7.67. The second kappa shape index (κ2) is 11.2. The first kappa shape index (κ1) is 20.8. The predicted molar refractivity (Wildman–Crippen MR) is 111 cm³/mol. The molecule has 1 aliphatic rings. The van der Waals surface area contributed by atoms with Crippen LogP contribution in [0.5, 0.6) is 0 Å². The number of pyridine rings is 1. The molecule has 2 N–H and O–H groups in total. The number of hydrogen-bond acceptors (Lipinski definition) is 4. The molecule has 7 heteroatoms. The minimum Gasteiger partial charge on any atom is -0.356 e. The van der Waals surface area contributed by atoms with E-state index in [4.69, 9.17) is 11.6 Å². The molecule has 1 fully saturated rings. The van der Waals surface area contributed by atoms with E-state index >= 15 is 0 Å². The molecule has 1 aromatic heterocycles. The van der Waals surface area contributed by atoms with Crippen LogP contribution in [0.3, 0.4) is 0 Å². The van der Waals surface area contributed by atoms with Gasteiger partial charge in [0.25, 0.3) is 0 Å². The Morgan fingerprint density at radius 1 is 1.38 bits per heavy atom. The van der Waals surface area contributed by atoms with Crippen LogP contribution in [-0.4, -0.2) is 68.2 Å². The van der Waals surface area contributed by atoms with Crippen LogP contribution >= 0.6 is 11.6 Å². The van der Waals surface area contributed by atoms with Crippen LogP contribution in [0.1, 0.15) is 33.1 Å². The second-order valence-corrected chi connectivity index (χ2v) is 7.02. The molecule has 6 nitrogen and oxygen atoms in total. The Labute approximate surface area is 163 Å². The first-order valence-corrected chi connectivity index (χ1v) is 10.1. The molecule has 2 rings (SSSR count). The molecular weight excluding hydrogens is 348 g/mol. The molecule has 0 spiro atoms. The zero-order valence-corrected chi connectivity index (χ0v) is 17.1. The summed E-state index contributed by atoms with van der Waals surface area (Å²) < 4.78 is 0. The molecule has 1 saturated heterocycles. The van der Waals surface area contributed by atoms with Gasteiger partial charge >= 0.3 is 0 Å². The topological polar surface area (TPSA) is 55.8 Å². The summed E-state index contributed by atoms with van der Waals surface area (Å²) in [4.78, 5) is 13.5. The van der Waals surface area contributed by atoms with Gasteiger partial charge in [-0.3, -0.25) is 4.99 Å². The van der Waals surface area contributed by atoms with E-state index in [1.54, 1.807) is 6.20 Å². The minimum atomic E-state index is 0.356. The third-order valence-corrected chi connectivity index (χ3v) is 5.17. The number of anilines is 1. The molecular formula is C19H33ClN6. The van der Waals surface area contributed by atoms with Crippen molar-refractivity contribution in [3.05, 3.63) is 23.4 Å². The molecule has 26 heavy (non-hydrogen) atoms. The number of guanidine groups is 1. The lowest BCUT2D eigenvalue weighted by Crippen LogP contribution is -2.45. The van der Waals surface area contributed by atoms with Gasteiger partial charge in [-0.25, -0.2) is 4.98 Å². The summed E-state index contributed by atoms with van der Waals surface area (Å²) in [7, 11) is 1.83. The summed E-state index contributed by atoms with van der Waals surface area (Å²) in [5.41, 5.74) is 0. The van der Waals surface area contributed by atoms with Crippen molar-refractivity contribution in [1.82, 2.24) is 20.5 Å².